The van der Waals surface area contributed by atoms with Gasteiger partial charge in [-0.1, -0.05) is 12.1 Å². The number of aliphatic carboxylic acids is 1. The molecule has 1 aromatic heterocycles. The minimum absolute atomic E-state index is 0.278. The number of fused-ring (bicyclic) bond motifs is 1. The Balaban J connectivity index is 1.50. The number of hydrogen-bond donors (Lipinski definition) is 5. The summed E-state index contributed by atoms with van der Waals surface area (Å²) in [4.78, 5) is 14.0. The first-order chi connectivity index (χ1) is 15.6. The van der Waals surface area contributed by atoms with Crippen molar-refractivity contribution in [2.24, 2.45) is 0 Å². The minimum atomic E-state index is -3.38. The molecule has 0 saturated heterocycles. The number of anilines is 1. The monoisotopic (exact) mass is 473 g/mol. The topological polar surface area (TPSA) is 141 Å². The number of aromatic nitrogens is 1. The van der Waals surface area contributed by atoms with Crippen LogP contribution in [0.1, 0.15) is 22.9 Å². The van der Waals surface area contributed by atoms with E-state index in [4.69, 9.17) is 9.84 Å². The Kier molecular flexibility index (Phi) is 7.75. The van der Waals surface area contributed by atoms with E-state index in [2.05, 4.69) is 15.0 Å². The number of aliphatic hydroxyl groups is 1. The molecule has 0 spiro atoms. The number of H-pyrrole nitrogens is 1. The first-order valence-electron chi connectivity index (χ1n) is 10.2. The number of aliphatic hydroxyl groups excluding tert-OH is 1. The fourth-order valence-electron chi connectivity index (χ4n) is 3.41. The lowest BCUT2D eigenvalue weighted by Crippen LogP contribution is -2.26. The molecule has 0 bridgehead atoms. The van der Waals surface area contributed by atoms with Crippen LogP contribution in [0, 0.1) is 6.92 Å². The molecule has 1 heterocycles. The third-order valence-corrected chi connectivity index (χ3v) is 5.47. The highest BCUT2D eigenvalue weighted by Gasteiger charge is 2.10. The van der Waals surface area contributed by atoms with E-state index in [0.29, 0.717) is 30.2 Å². The zero-order chi connectivity index (χ0) is 24.0. The number of aryl methyl sites for hydroxylation is 1. The number of sulfonamides is 1. The first kappa shape index (κ1) is 24.3. The molecule has 0 fully saturated rings. The van der Waals surface area contributed by atoms with Crippen LogP contribution in [0.25, 0.3) is 17.0 Å². The minimum Gasteiger partial charge on any atom is -0.492 e. The van der Waals surface area contributed by atoms with Crippen LogP contribution in [-0.4, -0.2) is 55.5 Å². The van der Waals surface area contributed by atoms with Gasteiger partial charge in [-0.25, -0.2) is 13.2 Å². The lowest BCUT2D eigenvalue weighted by molar-refractivity contribution is -0.131. The van der Waals surface area contributed by atoms with E-state index in [1.54, 1.807) is 30.3 Å². The Morgan fingerprint density at radius 3 is 2.76 bits per heavy atom. The molecule has 0 aliphatic heterocycles. The lowest BCUT2D eigenvalue weighted by Gasteiger charge is -2.14. The highest BCUT2D eigenvalue weighted by molar-refractivity contribution is 7.92. The predicted molar refractivity (Wildman–Crippen MR) is 128 cm³/mol. The van der Waals surface area contributed by atoms with Crippen molar-refractivity contribution in [2.45, 2.75) is 13.0 Å². The molecular weight excluding hydrogens is 446 g/mol. The van der Waals surface area contributed by atoms with Gasteiger partial charge in [-0.05, 0) is 42.8 Å². The fourth-order valence-corrected chi connectivity index (χ4v) is 3.97. The highest BCUT2D eigenvalue weighted by atomic mass is 32.2. The van der Waals surface area contributed by atoms with Crippen LogP contribution in [0.15, 0.2) is 48.5 Å². The third-order valence-electron chi connectivity index (χ3n) is 4.86. The predicted octanol–water partition coefficient (Wildman–Crippen LogP) is 2.65. The largest absolute Gasteiger partial charge is 0.492 e. The van der Waals surface area contributed by atoms with Crippen LogP contribution in [0.4, 0.5) is 5.69 Å². The van der Waals surface area contributed by atoms with Crippen molar-refractivity contribution in [3.05, 3.63) is 65.4 Å². The van der Waals surface area contributed by atoms with Crippen molar-refractivity contribution in [1.29, 1.82) is 0 Å². The summed E-state index contributed by atoms with van der Waals surface area (Å²) in [5.41, 5.74) is 3.53. The Morgan fingerprint density at radius 2 is 2.03 bits per heavy atom. The smallest absolute Gasteiger partial charge is 0.328 e. The van der Waals surface area contributed by atoms with Gasteiger partial charge in [0.2, 0.25) is 10.0 Å². The first-order valence-corrected chi connectivity index (χ1v) is 12.1. The second kappa shape index (κ2) is 10.5. The van der Waals surface area contributed by atoms with E-state index in [-0.39, 0.29) is 6.54 Å². The van der Waals surface area contributed by atoms with E-state index in [1.165, 1.54) is 0 Å². The third kappa shape index (κ3) is 7.07. The maximum atomic E-state index is 11.4. The maximum absolute atomic E-state index is 11.4. The van der Waals surface area contributed by atoms with E-state index in [9.17, 15) is 18.3 Å². The van der Waals surface area contributed by atoms with E-state index < -0.39 is 22.1 Å². The molecule has 3 rings (SSSR count). The molecule has 176 valence electrons. The maximum Gasteiger partial charge on any atom is 0.328 e. The van der Waals surface area contributed by atoms with Crippen LogP contribution < -0.4 is 14.8 Å². The van der Waals surface area contributed by atoms with Gasteiger partial charge in [0.25, 0.3) is 0 Å². The number of hydrogen-bond acceptors (Lipinski definition) is 6. The molecule has 0 saturated carbocycles. The van der Waals surface area contributed by atoms with Crippen molar-refractivity contribution in [3.8, 4) is 5.75 Å². The average Bonchev–Trinajstić information content (AvgIpc) is 3.05. The number of rotatable bonds is 11. The summed E-state index contributed by atoms with van der Waals surface area (Å²) in [6, 6.07) is 12.2. The zero-order valence-electron chi connectivity index (χ0n) is 18.3. The van der Waals surface area contributed by atoms with Gasteiger partial charge < -0.3 is 25.3 Å². The summed E-state index contributed by atoms with van der Waals surface area (Å²) in [6.07, 6.45) is 2.95. The molecule has 1 atom stereocenters. The Labute approximate surface area is 192 Å². The second-order valence-electron chi connectivity index (χ2n) is 7.61. The standard InChI is InChI=1S/C23H27N3O6S/c1-15-19(8-9-23(28)29)20-7-6-18(13-21(20)25-15)32-11-10-24-14-22(27)16-4-3-5-17(12-16)26-33(2,30)31/h3-9,12-13,22,24-27H,10-11,14H2,1-2H3,(H,28,29)/t22-/m0/s1. The number of carboxylic acid groups (broad SMARTS) is 1. The molecule has 0 amide bonds. The van der Waals surface area contributed by atoms with Crippen molar-refractivity contribution in [2.75, 3.05) is 30.7 Å². The summed E-state index contributed by atoms with van der Waals surface area (Å²) < 4.78 is 30.9. The number of benzene rings is 2. The zero-order valence-corrected chi connectivity index (χ0v) is 19.1. The molecule has 5 N–H and O–H groups in total. The van der Waals surface area contributed by atoms with Gasteiger partial charge in [0.05, 0.1) is 12.4 Å². The highest BCUT2D eigenvalue weighted by Crippen LogP contribution is 2.27. The summed E-state index contributed by atoms with van der Waals surface area (Å²) in [5, 5.41) is 23.2. The molecule has 0 radical (unpaired) electrons. The molecule has 0 unspecified atom stereocenters. The van der Waals surface area contributed by atoms with Gasteiger partial charge in [-0.3, -0.25) is 4.72 Å². The Bertz CT molecular complexity index is 1270. The summed E-state index contributed by atoms with van der Waals surface area (Å²) in [5.74, 6) is -0.334. The molecule has 9 nitrogen and oxygen atoms in total. The van der Waals surface area contributed by atoms with Gasteiger partial charge in [0, 0.05) is 53.1 Å². The van der Waals surface area contributed by atoms with Crippen LogP contribution in [0.3, 0.4) is 0 Å². The lowest BCUT2D eigenvalue weighted by atomic mass is 10.1. The Hall–Kier alpha value is -3.34. The SMILES string of the molecule is Cc1[nH]c2cc(OCCNC[C@H](O)c3cccc(NS(C)(=O)=O)c3)ccc2c1C=CC(=O)O. The van der Waals surface area contributed by atoms with Gasteiger partial charge >= 0.3 is 5.97 Å². The van der Waals surface area contributed by atoms with Crippen molar-refractivity contribution < 1.29 is 28.2 Å². The van der Waals surface area contributed by atoms with E-state index >= 15 is 0 Å². The number of ether oxygens (including phenoxy) is 1. The molecular formula is C23H27N3O6S. The normalized spacial score (nSPS) is 12.8. The van der Waals surface area contributed by atoms with Gasteiger partial charge in [-0.2, -0.15) is 0 Å². The van der Waals surface area contributed by atoms with Gasteiger partial charge in [0.15, 0.2) is 0 Å². The quantitative estimate of drug-likeness (QED) is 0.213. The average molecular weight is 474 g/mol. The molecule has 0 aliphatic rings. The second-order valence-corrected chi connectivity index (χ2v) is 9.36. The van der Waals surface area contributed by atoms with Crippen molar-refractivity contribution in [1.82, 2.24) is 10.3 Å². The fraction of sp³-hybridized carbons (Fsp3) is 0.261. The van der Waals surface area contributed by atoms with Crippen LogP contribution in [-0.2, 0) is 14.8 Å². The Morgan fingerprint density at radius 1 is 1.24 bits per heavy atom. The summed E-state index contributed by atoms with van der Waals surface area (Å²) >= 11 is 0. The van der Waals surface area contributed by atoms with Crippen LogP contribution in [0.2, 0.25) is 0 Å². The molecule has 33 heavy (non-hydrogen) atoms. The van der Waals surface area contributed by atoms with E-state index in [1.807, 2.05) is 25.1 Å². The molecule has 3 aromatic rings. The molecule has 2 aromatic carbocycles. The molecule has 0 aliphatic carbocycles. The van der Waals surface area contributed by atoms with Gasteiger partial charge in [-0.15, -0.1) is 0 Å². The summed E-state index contributed by atoms with van der Waals surface area (Å²) in [7, 11) is -3.38. The number of carbonyl (C=O) groups is 1. The summed E-state index contributed by atoms with van der Waals surface area (Å²) in [6.45, 7) is 3.02. The number of carboxylic acids is 1. The van der Waals surface area contributed by atoms with Crippen LogP contribution in [0.5, 0.6) is 5.75 Å². The van der Waals surface area contributed by atoms with Crippen molar-refractivity contribution >= 4 is 38.7 Å². The van der Waals surface area contributed by atoms with Crippen LogP contribution >= 0.6 is 0 Å². The van der Waals surface area contributed by atoms with Gasteiger partial charge in [0.1, 0.15) is 12.4 Å². The number of aromatic amines is 1. The molecule has 10 heteroatoms. The van der Waals surface area contributed by atoms with Crippen molar-refractivity contribution in [3.63, 3.8) is 0 Å². The number of nitrogens with one attached hydrogen (secondary N) is 3. The van der Waals surface area contributed by atoms with E-state index in [0.717, 1.165) is 34.5 Å².